The first-order valence-corrected chi connectivity index (χ1v) is 7.90. The molecular weight excluding hydrogens is 296 g/mol. The SMILES string of the molecule is CC(=O)N1CCc2cc(C(=O)N3CCC[C@@H](C(=O)O)C3)ccc21. The zero-order chi connectivity index (χ0) is 16.6. The van der Waals surface area contributed by atoms with Gasteiger partial charge >= 0.3 is 5.97 Å². The van der Waals surface area contributed by atoms with Gasteiger partial charge in [-0.3, -0.25) is 14.4 Å². The third kappa shape index (κ3) is 2.93. The van der Waals surface area contributed by atoms with Crippen molar-refractivity contribution in [2.24, 2.45) is 5.92 Å². The Bertz CT molecular complexity index is 671. The van der Waals surface area contributed by atoms with Crippen molar-refractivity contribution in [3.63, 3.8) is 0 Å². The molecule has 0 aromatic heterocycles. The molecule has 2 aliphatic heterocycles. The number of nitrogens with zero attached hydrogens (tertiary/aromatic N) is 2. The minimum Gasteiger partial charge on any atom is -0.481 e. The highest BCUT2D eigenvalue weighted by molar-refractivity contribution is 5.98. The van der Waals surface area contributed by atoms with E-state index in [4.69, 9.17) is 5.11 Å². The Labute approximate surface area is 134 Å². The van der Waals surface area contributed by atoms with Crippen molar-refractivity contribution < 1.29 is 19.5 Å². The van der Waals surface area contributed by atoms with Crippen LogP contribution in [0.3, 0.4) is 0 Å². The summed E-state index contributed by atoms with van der Waals surface area (Å²) in [6.45, 7) is 3.05. The average Bonchev–Trinajstić information content (AvgIpc) is 2.97. The Morgan fingerprint density at radius 1 is 1.22 bits per heavy atom. The van der Waals surface area contributed by atoms with Crippen LogP contribution in [0.15, 0.2) is 18.2 Å². The van der Waals surface area contributed by atoms with Crippen LogP contribution in [0.25, 0.3) is 0 Å². The summed E-state index contributed by atoms with van der Waals surface area (Å²) in [4.78, 5) is 38.7. The molecule has 2 aliphatic rings. The number of hydrogen-bond donors (Lipinski definition) is 1. The standard InChI is InChI=1S/C17H20N2O4/c1-11(20)19-8-6-12-9-13(4-5-15(12)19)16(21)18-7-2-3-14(10-18)17(22)23/h4-5,9,14H,2-3,6-8,10H2,1H3,(H,22,23)/t14-/m1/s1. The second-order valence-corrected chi connectivity index (χ2v) is 6.19. The Balaban J connectivity index is 1.79. The zero-order valence-corrected chi connectivity index (χ0v) is 13.1. The lowest BCUT2D eigenvalue weighted by molar-refractivity contribution is -0.143. The Morgan fingerprint density at radius 3 is 2.70 bits per heavy atom. The normalized spacial score (nSPS) is 20.3. The van der Waals surface area contributed by atoms with Gasteiger partial charge in [-0.25, -0.2) is 0 Å². The van der Waals surface area contributed by atoms with Crippen LogP contribution in [0.1, 0.15) is 35.7 Å². The van der Waals surface area contributed by atoms with Gasteiger partial charge in [0.05, 0.1) is 5.92 Å². The highest BCUT2D eigenvalue weighted by Crippen LogP contribution is 2.29. The number of likely N-dealkylation sites (tertiary alicyclic amines) is 1. The van der Waals surface area contributed by atoms with E-state index in [-0.39, 0.29) is 18.4 Å². The molecule has 1 aromatic rings. The highest BCUT2D eigenvalue weighted by Gasteiger charge is 2.29. The molecule has 2 heterocycles. The molecule has 1 aromatic carbocycles. The number of carbonyl (C=O) groups excluding carboxylic acids is 2. The summed E-state index contributed by atoms with van der Waals surface area (Å²) in [5, 5.41) is 9.14. The van der Waals surface area contributed by atoms with E-state index in [1.807, 2.05) is 12.1 Å². The lowest BCUT2D eigenvalue weighted by atomic mass is 9.97. The number of rotatable bonds is 2. The summed E-state index contributed by atoms with van der Waals surface area (Å²) in [6.07, 6.45) is 2.08. The van der Waals surface area contributed by atoms with Crippen molar-refractivity contribution in [1.29, 1.82) is 0 Å². The zero-order valence-electron chi connectivity index (χ0n) is 13.1. The number of aliphatic carboxylic acids is 1. The second-order valence-electron chi connectivity index (χ2n) is 6.19. The van der Waals surface area contributed by atoms with E-state index < -0.39 is 11.9 Å². The number of amides is 2. The maximum absolute atomic E-state index is 12.6. The van der Waals surface area contributed by atoms with E-state index in [2.05, 4.69) is 0 Å². The fraction of sp³-hybridized carbons (Fsp3) is 0.471. The van der Waals surface area contributed by atoms with Crippen LogP contribution in [0.4, 0.5) is 5.69 Å². The van der Waals surface area contributed by atoms with Crippen LogP contribution in [0, 0.1) is 5.92 Å². The van der Waals surface area contributed by atoms with Gasteiger partial charge in [-0.05, 0) is 43.0 Å². The van der Waals surface area contributed by atoms with Gasteiger partial charge in [0, 0.05) is 37.8 Å². The van der Waals surface area contributed by atoms with E-state index in [1.165, 1.54) is 6.92 Å². The van der Waals surface area contributed by atoms with Crippen LogP contribution in [-0.2, 0) is 16.0 Å². The van der Waals surface area contributed by atoms with Crippen molar-refractivity contribution >= 4 is 23.5 Å². The molecule has 1 fully saturated rings. The predicted molar refractivity (Wildman–Crippen MR) is 84.4 cm³/mol. The summed E-state index contributed by atoms with van der Waals surface area (Å²) in [5.74, 6) is -1.44. The van der Waals surface area contributed by atoms with Crippen molar-refractivity contribution in [3.8, 4) is 0 Å². The van der Waals surface area contributed by atoms with Crippen LogP contribution in [0.5, 0.6) is 0 Å². The first-order chi connectivity index (χ1) is 11.0. The van der Waals surface area contributed by atoms with Gasteiger partial charge < -0.3 is 14.9 Å². The molecular formula is C17H20N2O4. The number of carboxylic acids is 1. The molecule has 0 bridgehead atoms. The highest BCUT2D eigenvalue weighted by atomic mass is 16.4. The molecule has 6 nitrogen and oxygen atoms in total. The topological polar surface area (TPSA) is 77.9 Å². The van der Waals surface area contributed by atoms with E-state index in [0.29, 0.717) is 31.5 Å². The number of carbonyl (C=O) groups is 3. The van der Waals surface area contributed by atoms with Gasteiger partial charge in [0.25, 0.3) is 5.91 Å². The van der Waals surface area contributed by atoms with Crippen molar-refractivity contribution in [2.75, 3.05) is 24.5 Å². The summed E-state index contributed by atoms with van der Waals surface area (Å²) in [7, 11) is 0. The molecule has 1 N–H and O–H groups in total. The molecule has 0 unspecified atom stereocenters. The van der Waals surface area contributed by atoms with Crippen molar-refractivity contribution in [3.05, 3.63) is 29.3 Å². The maximum Gasteiger partial charge on any atom is 0.308 e. The lowest BCUT2D eigenvalue weighted by Gasteiger charge is -2.30. The van der Waals surface area contributed by atoms with Gasteiger partial charge in [0.15, 0.2) is 0 Å². The van der Waals surface area contributed by atoms with Gasteiger partial charge in [0.1, 0.15) is 0 Å². The lowest BCUT2D eigenvalue weighted by Crippen LogP contribution is -2.42. The minimum absolute atomic E-state index is 0.00292. The molecule has 3 rings (SSSR count). The Morgan fingerprint density at radius 2 is 2.00 bits per heavy atom. The number of piperidine rings is 1. The Kier molecular flexibility index (Phi) is 4.07. The molecule has 2 amide bonds. The predicted octanol–water partition coefficient (Wildman–Crippen LogP) is 1.53. The molecule has 0 spiro atoms. The monoisotopic (exact) mass is 316 g/mol. The van der Waals surface area contributed by atoms with Crippen LogP contribution in [-0.4, -0.2) is 47.4 Å². The molecule has 0 saturated carbocycles. The summed E-state index contributed by atoms with van der Waals surface area (Å²) in [6, 6.07) is 5.38. The molecule has 1 saturated heterocycles. The summed E-state index contributed by atoms with van der Waals surface area (Å²) in [5.41, 5.74) is 2.44. The molecule has 23 heavy (non-hydrogen) atoms. The number of benzene rings is 1. The molecule has 0 radical (unpaired) electrons. The summed E-state index contributed by atoms with van der Waals surface area (Å²) < 4.78 is 0. The van der Waals surface area contributed by atoms with E-state index in [9.17, 15) is 14.4 Å². The second kappa shape index (κ2) is 6.02. The molecule has 122 valence electrons. The minimum atomic E-state index is -0.839. The van der Waals surface area contributed by atoms with Crippen molar-refractivity contribution in [2.45, 2.75) is 26.2 Å². The quantitative estimate of drug-likeness (QED) is 0.897. The van der Waals surface area contributed by atoms with E-state index in [0.717, 1.165) is 17.7 Å². The first-order valence-electron chi connectivity index (χ1n) is 7.90. The fourth-order valence-electron chi connectivity index (χ4n) is 3.41. The molecule has 1 atom stereocenters. The largest absolute Gasteiger partial charge is 0.481 e. The average molecular weight is 316 g/mol. The van der Waals surface area contributed by atoms with Crippen LogP contribution < -0.4 is 4.90 Å². The summed E-state index contributed by atoms with van der Waals surface area (Å²) >= 11 is 0. The van der Waals surface area contributed by atoms with E-state index >= 15 is 0 Å². The van der Waals surface area contributed by atoms with Gasteiger partial charge in [0.2, 0.25) is 5.91 Å². The molecule has 0 aliphatic carbocycles. The van der Waals surface area contributed by atoms with Gasteiger partial charge in [-0.1, -0.05) is 0 Å². The third-order valence-corrected chi connectivity index (χ3v) is 4.66. The van der Waals surface area contributed by atoms with Crippen molar-refractivity contribution in [1.82, 2.24) is 4.90 Å². The maximum atomic E-state index is 12.6. The number of carboxylic acid groups (broad SMARTS) is 1. The molecule has 6 heteroatoms. The first kappa shape index (κ1) is 15.5. The fourth-order valence-corrected chi connectivity index (χ4v) is 3.41. The third-order valence-electron chi connectivity index (χ3n) is 4.66. The smallest absolute Gasteiger partial charge is 0.308 e. The van der Waals surface area contributed by atoms with Crippen LogP contribution in [0.2, 0.25) is 0 Å². The number of hydrogen-bond acceptors (Lipinski definition) is 3. The number of fused-ring (bicyclic) bond motifs is 1. The Hall–Kier alpha value is -2.37. The van der Waals surface area contributed by atoms with Gasteiger partial charge in [-0.2, -0.15) is 0 Å². The van der Waals surface area contributed by atoms with E-state index in [1.54, 1.807) is 15.9 Å². The number of anilines is 1. The van der Waals surface area contributed by atoms with Gasteiger partial charge in [-0.15, -0.1) is 0 Å². The van der Waals surface area contributed by atoms with Crippen LogP contribution >= 0.6 is 0 Å².